The van der Waals surface area contributed by atoms with Gasteiger partial charge in [0, 0.05) is 5.41 Å². The minimum absolute atomic E-state index is 0.0566. The molecule has 1 fully saturated rings. The van der Waals surface area contributed by atoms with Gasteiger partial charge in [-0.2, -0.15) is 0 Å². The Morgan fingerprint density at radius 2 is 1.62 bits per heavy atom. The van der Waals surface area contributed by atoms with Crippen molar-refractivity contribution < 1.29 is 19.5 Å². The zero-order valence-corrected chi connectivity index (χ0v) is 15.8. The zero-order chi connectivity index (χ0) is 18.4. The number of hydrogen-bond acceptors (Lipinski definition) is 3. The Kier molecular flexibility index (Phi) is 6.30. The Morgan fingerprint density at radius 1 is 1.00 bits per heavy atom. The summed E-state index contributed by atoms with van der Waals surface area (Å²) in [4.78, 5) is 1.38. The molecule has 0 amide bonds. The highest BCUT2D eigenvalue weighted by atomic mass is 16.5. The van der Waals surface area contributed by atoms with E-state index in [1.54, 1.807) is 0 Å². The van der Waals surface area contributed by atoms with Crippen molar-refractivity contribution in [3.05, 3.63) is 65.7 Å². The minimum Gasteiger partial charge on any atom is -0.491 e. The van der Waals surface area contributed by atoms with Crippen molar-refractivity contribution in [3.8, 4) is 5.75 Å². The monoisotopic (exact) mass is 356 g/mol. The van der Waals surface area contributed by atoms with Crippen LogP contribution in [-0.2, 0) is 10.2 Å². The standard InChI is InChI=1S/C22H29NO3/c1-22(2,18-6-4-3-5-7-18)19-8-10-21(11-9-19)26-17-20(24)16-23-12-14-25-15-13-23/h3-11,20,24H,12-17H2,1-2H3/p+1/t20-/m1/s1. The molecule has 3 rings (SSSR count). The fraction of sp³-hybridized carbons (Fsp3) is 0.455. The summed E-state index contributed by atoms with van der Waals surface area (Å²) in [7, 11) is 0. The van der Waals surface area contributed by atoms with Crippen molar-refractivity contribution in [2.45, 2.75) is 25.4 Å². The van der Waals surface area contributed by atoms with E-state index in [4.69, 9.17) is 9.47 Å². The van der Waals surface area contributed by atoms with E-state index < -0.39 is 6.10 Å². The SMILES string of the molecule is CC(C)(c1ccccc1)c1ccc(OC[C@H](O)C[NH+]2CCOCC2)cc1. The summed E-state index contributed by atoms with van der Waals surface area (Å²) < 4.78 is 11.1. The molecule has 1 aliphatic rings. The van der Waals surface area contributed by atoms with Crippen LogP contribution in [0, 0.1) is 0 Å². The van der Waals surface area contributed by atoms with E-state index >= 15 is 0 Å². The Hall–Kier alpha value is -1.88. The quantitative estimate of drug-likeness (QED) is 0.793. The molecule has 140 valence electrons. The summed E-state index contributed by atoms with van der Waals surface area (Å²) in [6, 6.07) is 18.7. The number of aliphatic hydroxyl groups is 1. The zero-order valence-electron chi connectivity index (χ0n) is 15.8. The van der Waals surface area contributed by atoms with Crippen LogP contribution in [0.4, 0.5) is 0 Å². The van der Waals surface area contributed by atoms with E-state index in [9.17, 15) is 5.11 Å². The molecule has 1 atom stereocenters. The van der Waals surface area contributed by atoms with Gasteiger partial charge in [0.1, 0.15) is 38.1 Å². The van der Waals surface area contributed by atoms with Gasteiger partial charge in [-0.3, -0.25) is 0 Å². The summed E-state index contributed by atoms with van der Waals surface area (Å²) in [5, 5.41) is 10.2. The van der Waals surface area contributed by atoms with E-state index in [0.717, 1.165) is 32.1 Å². The van der Waals surface area contributed by atoms with E-state index in [1.165, 1.54) is 16.0 Å². The van der Waals surface area contributed by atoms with Gasteiger partial charge >= 0.3 is 0 Å². The molecule has 1 heterocycles. The maximum Gasteiger partial charge on any atom is 0.137 e. The van der Waals surface area contributed by atoms with Crippen molar-refractivity contribution in [3.63, 3.8) is 0 Å². The number of morpholine rings is 1. The lowest BCUT2D eigenvalue weighted by Crippen LogP contribution is -3.15. The Bertz CT molecular complexity index is 664. The second-order valence-electron chi connectivity index (χ2n) is 7.55. The van der Waals surface area contributed by atoms with Gasteiger partial charge in [0.2, 0.25) is 0 Å². The molecule has 1 aliphatic heterocycles. The van der Waals surface area contributed by atoms with E-state index in [-0.39, 0.29) is 5.41 Å². The highest BCUT2D eigenvalue weighted by molar-refractivity contribution is 5.39. The smallest absolute Gasteiger partial charge is 0.137 e. The van der Waals surface area contributed by atoms with Crippen LogP contribution in [0.3, 0.4) is 0 Å². The van der Waals surface area contributed by atoms with Crippen LogP contribution < -0.4 is 9.64 Å². The Morgan fingerprint density at radius 3 is 2.27 bits per heavy atom. The minimum atomic E-state index is -0.455. The number of rotatable bonds is 7. The predicted molar refractivity (Wildman–Crippen MR) is 103 cm³/mol. The number of quaternary nitrogens is 1. The maximum atomic E-state index is 10.2. The molecule has 1 saturated heterocycles. The van der Waals surface area contributed by atoms with E-state index in [2.05, 4.69) is 50.2 Å². The first kappa shape index (κ1) is 18.9. The topological polar surface area (TPSA) is 43.1 Å². The molecule has 0 radical (unpaired) electrons. The van der Waals surface area contributed by atoms with Gasteiger partial charge < -0.3 is 19.5 Å². The lowest BCUT2D eigenvalue weighted by molar-refractivity contribution is -0.911. The second kappa shape index (κ2) is 8.67. The Balaban J connectivity index is 1.54. The lowest BCUT2D eigenvalue weighted by Gasteiger charge is -2.27. The summed E-state index contributed by atoms with van der Waals surface area (Å²) in [5.74, 6) is 0.800. The molecule has 0 bridgehead atoms. The molecule has 0 spiro atoms. The van der Waals surface area contributed by atoms with E-state index in [1.807, 2.05) is 18.2 Å². The van der Waals surface area contributed by atoms with Crippen molar-refractivity contribution in [2.24, 2.45) is 0 Å². The first-order valence-corrected chi connectivity index (χ1v) is 9.44. The van der Waals surface area contributed by atoms with Crippen LogP contribution >= 0.6 is 0 Å². The molecule has 0 unspecified atom stereocenters. The normalized spacial score (nSPS) is 17.0. The fourth-order valence-electron chi connectivity index (χ4n) is 3.44. The van der Waals surface area contributed by atoms with Gasteiger partial charge in [0.05, 0.1) is 13.2 Å². The van der Waals surface area contributed by atoms with Gasteiger partial charge in [-0.15, -0.1) is 0 Å². The number of hydrogen-bond donors (Lipinski definition) is 2. The average molecular weight is 356 g/mol. The summed E-state index contributed by atoms with van der Waals surface area (Å²) in [5.41, 5.74) is 2.48. The molecule has 4 nitrogen and oxygen atoms in total. The van der Waals surface area contributed by atoms with Gasteiger partial charge in [-0.1, -0.05) is 56.3 Å². The average Bonchev–Trinajstić information content (AvgIpc) is 2.68. The third-order valence-electron chi connectivity index (χ3n) is 5.24. The predicted octanol–water partition coefficient (Wildman–Crippen LogP) is 1.67. The van der Waals surface area contributed by atoms with Crippen molar-refractivity contribution >= 4 is 0 Å². The number of nitrogens with one attached hydrogen (secondary N) is 1. The Labute approximate surface area is 156 Å². The molecule has 2 aromatic carbocycles. The number of benzene rings is 2. The third kappa shape index (κ3) is 4.85. The highest BCUT2D eigenvalue weighted by Crippen LogP contribution is 2.32. The molecule has 26 heavy (non-hydrogen) atoms. The van der Waals surface area contributed by atoms with Crippen LogP contribution in [0.2, 0.25) is 0 Å². The molecule has 4 heteroatoms. The first-order valence-electron chi connectivity index (χ1n) is 9.44. The van der Waals surface area contributed by atoms with Gasteiger partial charge in [0.15, 0.2) is 0 Å². The van der Waals surface area contributed by atoms with Gasteiger partial charge in [0.25, 0.3) is 0 Å². The largest absolute Gasteiger partial charge is 0.491 e. The van der Waals surface area contributed by atoms with Crippen molar-refractivity contribution in [1.82, 2.24) is 0 Å². The molecular formula is C22H30NO3+. The van der Waals surface area contributed by atoms with Gasteiger partial charge in [-0.05, 0) is 23.3 Å². The summed E-state index contributed by atoms with van der Waals surface area (Å²) >= 11 is 0. The molecular weight excluding hydrogens is 326 g/mol. The van der Waals surface area contributed by atoms with E-state index in [0.29, 0.717) is 13.2 Å². The first-order chi connectivity index (χ1) is 12.6. The molecule has 0 aromatic heterocycles. The van der Waals surface area contributed by atoms with Crippen molar-refractivity contribution in [2.75, 3.05) is 39.5 Å². The van der Waals surface area contributed by atoms with Gasteiger partial charge in [-0.25, -0.2) is 0 Å². The highest BCUT2D eigenvalue weighted by Gasteiger charge is 2.23. The molecule has 0 aliphatic carbocycles. The third-order valence-corrected chi connectivity index (χ3v) is 5.24. The lowest BCUT2D eigenvalue weighted by atomic mass is 9.78. The number of aliphatic hydroxyl groups excluding tert-OH is 1. The maximum absolute atomic E-state index is 10.2. The van der Waals surface area contributed by atoms with Crippen molar-refractivity contribution in [1.29, 1.82) is 0 Å². The summed E-state index contributed by atoms with van der Waals surface area (Å²) in [6.07, 6.45) is -0.455. The fourth-order valence-corrected chi connectivity index (χ4v) is 3.44. The van der Waals surface area contributed by atoms with Crippen LogP contribution in [-0.4, -0.2) is 50.7 Å². The number of ether oxygens (including phenoxy) is 2. The summed E-state index contributed by atoms with van der Waals surface area (Å²) in [6.45, 7) is 8.97. The molecule has 2 aromatic rings. The van der Waals surface area contributed by atoms with Crippen LogP contribution in [0.5, 0.6) is 5.75 Å². The molecule has 0 saturated carbocycles. The van der Waals surface area contributed by atoms with Crippen LogP contribution in [0.15, 0.2) is 54.6 Å². The van der Waals surface area contributed by atoms with Crippen LogP contribution in [0.25, 0.3) is 0 Å². The molecule has 2 N–H and O–H groups in total. The second-order valence-corrected chi connectivity index (χ2v) is 7.55. The van der Waals surface area contributed by atoms with Crippen LogP contribution in [0.1, 0.15) is 25.0 Å².